The third kappa shape index (κ3) is 3.91. The van der Waals surface area contributed by atoms with Gasteiger partial charge >= 0.3 is 6.18 Å². The maximum atomic E-state index is 12.5. The van der Waals surface area contributed by atoms with E-state index in [4.69, 9.17) is 0 Å². The van der Waals surface area contributed by atoms with E-state index in [1.54, 1.807) is 6.07 Å². The molecular formula is C13H19F3N2. The molecule has 1 heterocycles. The van der Waals surface area contributed by atoms with Crippen LogP contribution in [0.3, 0.4) is 0 Å². The van der Waals surface area contributed by atoms with E-state index in [2.05, 4.69) is 5.32 Å². The van der Waals surface area contributed by atoms with Gasteiger partial charge in [-0.3, -0.25) is 0 Å². The van der Waals surface area contributed by atoms with Crippen LogP contribution in [0.25, 0.3) is 0 Å². The zero-order chi connectivity index (χ0) is 13.6. The average molecular weight is 260 g/mol. The van der Waals surface area contributed by atoms with Crippen molar-refractivity contribution >= 4 is 5.69 Å². The molecule has 0 saturated carbocycles. The largest absolute Gasteiger partial charge is 0.416 e. The summed E-state index contributed by atoms with van der Waals surface area (Å²) >= 11 is 0. The molecule has 2 nitrogen and oxygen atoms in total. The summed E-state index contributed by atoms with van der Waals surface area (Å²) in [6.07, 6.45) is -4.26. The van der Waals surface area contributed by atoms with E-state index in [9.17, 15) is 13.2 Å². The number of nitrogens with zero attached hydrogens (tertiary/aromatic N) is 1. The first-order valence-electron chi connectivity index (χ1n) is 6.20. The molecule has 1 fully saturated rings. The lowest BCUT2D eigenvalue weighted by Gasteiger charge is -2.29. The Bertz CT molecular complexity index is 357. The molecule has 0 aliphatic carbocycles. The topological polar surface area (TPSA) is 15.3 Å². The first-order valence-corrected chi connectivity index (χ1v) is 6.20. The predicted molar refractivity (Wildman–Crippen MR) is 67.9 cm³/mol. The minimum absolute atomic E-state index is 0.580. The summed E-state index contributed by atoms with van der Waals surface area (Å²) in [6.45, 7) is 7.13. The molecule has 0 amide bonds. The fraction of sp³-hybridized carbons (Fsp3) is 0.538. The SMILES string of the molecule is CC.FC(F)(F)c1cccc(N2CCNCC2)c1. The third-order valence-corrected chi connectivity index (χ3v) is 2.66. The van der Waals surface area contributed by atoms with Gasteiger partial charge in [-0.15, -0.1) is 0 Å². The first kappa shape index (κ1) is 14.8. The third-order valence-electron chi connectivity index (χ3n) is 2.66. The number of anilines is 1. The van der Waals surface area contributed by atoms with Gasteiger partial charge in [-0.25, -0.2) is 0 Å². The molecule has 18 heavy (non-hydrogen) atoms. The van der Waals surface area contributed by atoms with Gasteiger partial charge < -0.3 is 10.2 Å². The molecule has 2 rings (SSSR count). The number of piperazine rings is 1. The Morgan fingerprint density at radius 1 is 1.11 bits per heavy atom. The fourth-order valence-corrected chi connectivity index (χ4v) is 1.80. The van der Waals surface area contributed by atoms with Crippen molar-refractivity contribution in [2.45, 2.75) is 20.0 Å². The smallest absolute Gasteiger partial charge is 0.369 e. The number of rotatable bonds is 1. The molecule has 1 saturated heterocycles. The minimum Gasteiger partial charge on any atom is -0.369 e. The Labute approximate surface area is 106 Å². The lowest BCUT2D eigenvalue weighted by molar-refractivity contribution is -0.137. The van der Waals surface area contributed by atoms with Gasteiger partial charge in [0.25, 0.3) is 0 Å². The van der Waals surface area contributed by atoms with Gasteiger partial charge in [-0.05, 0) is 18.2 Å². The molecule has 0 radical (unpaired) electrons. The quantitative estimate of drug-likeness (QED) is 0.834. The van der Waals surface area contributed by atoms with Gasteiger partial charge in [0.1, 0.15) is 0 Å². The molecule has 1 aromatic carbocycles. The lowest BCUT2D eigenvalue weighted by Crippen LogP contribution is -2.43. The highest BCUT2D eigenvalue weighted by Crippen LogP contribution is 2.31. The Morgan fingerprint density at radius 3 is 2.28 bits per heavy atom. The molecule has 1 N–H and O–H groups in total. The molecular weight excluding hydrogens is 241 g/mol. The summed E-state index contributed by atoms with van der Waals surface area (Å²) in [5, 5.41) is 3.17. The summed E-state index contributed by atoms with van der Waals surface area (Å²) in [5.74, 6) is 0. The van der Waals surface area contributed by atoms with Crippen molar-refractivity contribution in [1.82, 2.24) is 5.32 Å². The molecule has 1 aliphatic heterocycles. The molecule has 0 atom stereocenters. The van der Waals surface area contributed by atoms with Gasteiger partial charge in [0.15, 0.2) is 0 Å². The van der Waals surface area contributed by atoms with E-state index in [1.165, 1.54) is 12.1 Å². The van der Waals surface area contributed by atoms with Crippen molar-refractivity contribution in [3.8, 4) is 0 Å². The number of halogens is 3. The van der Waals surface area contributed by atoms with Gasteiger partial charge in [-0.1, -0.05) is 19.9 Å². The standard InChI is InChI=1S/C11H13F3N2.C2H6/c12-11(13,14)9-2-1-3-10(8-9)16-6-4-15-5-7-16;1-2/h1-3,8,15H,4-7H2;1-2H3. The van der Waals surface area contributed by atoms with E-state index in [0.717, 1.165) is 32.2 Å². The second-order valence-electron chi connectivity index (χ2n) is 3.79. The molecule has 0 unspecified atom stereocenters. The van der Waals surface area contributed by atoms with Crippen LogP contribution in [-0.4, -0.2) is 26.2 Å². The van der Waals surface area contributed by atoms with Crippen LogP contribution in [-0.2, 0) is 6.18 Å². The molecule has 1 aromatic rings. The summed E-state index contributed by atoms with van der Waals surface area (Å²) in [7, 11) is 0. The van der Waals surface area contributed by atoms with Crippen LogP contribution in [0.1, 0.15) is 19.4 Å². The van der Waals surface area contributed by atoms with E-state index in [0.29, 0.717) is 5.69 Å². The number of hydrogen-bond donors (Lipinski definition) is 1. The summed E-state index contributed by atoms with van der Waals surface area (Å²) in [5.41, 5.74) is 0.0693. The van der Waals surface area contributed by atoms with Crippen LogP contribution in [0.2, 0.25) is 0 Å². The highest BCUT2D eigenvalue weighted by molar-refractivity contribution is 5.49. The monoisotopic (exact) mass is 260 g/mol. The zero-order valence-electron chi connectivity index (χ0n) is 10.7. The first-order chi connectivity index (χ1) is 8.57. The highest BCUT2D eigenvalue weighted by atomic mass is 19.4. The van der Waals surface area contributed by atoms with E-state index >= 15 is 0 Å². The lowest BCUT2D eigenvalue weighted by atomic mass is 10.1. The van der Waals surface area contributed by atoms with Gasteiger partial charge in [0.2, 0.25) is 0 Å². The number of alkyl halides is 3. The molecule has 0 aromatic heterocycles. The summed E-state index contributed by atoms with van der Waals surface area (Å²) in [4.78, 5) is 1.96. The van der Waals surface area contributed by atoms with Crippen molar-refractivity contribution in [2.75, 3.05) is 31.1 Å². The van der Waals surface area contributed by atoms with Gasteiger partial charge in [0.05, 0.1) is 5.56 Å². The minimum atomic E-state index is -4.26. The number of hydrogen-bond acceptors (Lipinski definition) is 2. The molecule has 102 valence electrons. The fourth-order valence-electron chi connectivity index (χ4n) is 1.80. The van der Waals surface area contributed by atoms with Gasteiger partial charge in [0, 0.05) is 31.9 Å². The van der Waals surface area contributed by atoms with Crippen molar-refractivity contribution in [3.63, 3.8) is 0 Å². The number of benzene rings is 1. The van der Waals surface area contributed by atoms with Crippen LogP contribution in [0.5, 0.6) is 0 Å². The van der Waals surface area contributed by atoms with Crippen LogP contribution >= 0.6 is 0 Å². The summed E-state index contributed by atoms with van der Waals surface area (Å²) < 4.78 is 37.5. The van der Waals surface area contributed by atoms with Crippen molar-refractivity contribution in [2.24, 2.45) is 0 Å². The predicted octanol–water partition coefficient (Wildman–Crippen LogP) is 3.14. The zero-order valence-corrected chi connectivity index (χ0v) is 10.7. The van der Waals surface area contributed by atoms with E-state index in [1.807, 2.05) is 18.7 Å². The summed E-state index contributed by atoms with van der Waals surface area (Å²) in [6, 6.07) is 5.50. The Kier molecular flexibility index (Phi) is 5.47. The number of nitrogens with one attached hydrogen (secondary N) is 1. The normalized spacial score (nSPS) is 15.9. The van der Waals surface area contributed by atoms with Crippen LogP contribution in [0.15, 0.2) is 24.3 Å². The highest BCUT2D eigenvalue weighted by Gasteiger charge is 2.30. The van der Waals surface area contributed by atoms with Crippen molar-refractivity contribution < 1.29 is 13.2 Å². The maximum absolute atomic E-state index is 12.5. The van der Waals surface area contributed by atoms with Crippen LogP contribution < -0.4 is 10.2 Å². The molecule has 5 heteroatoms. The van der Waals surface area contributed by atoms with Gasteiger partial charge in [-0.2, -0.15) is 13.2 Å². The average Bonchev–Trinajstić information content (AvgIpc) is 2.41. The van der Waals surface area contributed by atoms with Crippen LogP contribution in [0.4, 0.5) is 18.9 Å². The van der Waals surface area contributed by atoms with Crippen molar-refractivity contribution in [3.05, 3.63) is 29.8 Å². The Balaban J connectivity index is 0.000000771. The molecule has 0 bridgehead atoms. The van der Waals surface area contributed by atoms with Crippen molar-refractivity contribution in [1.29, 1.82) is 0 Å². The Morgan fingerprint density at radius 2 is 1.72 bits per heavy atom. The Hall–Kier alpha value is -1.23. The second kappa shape index (κ2) is 6.64. The molecule has 0 spiro atoms. The maximum Gasteiger partial charge on any atom is 0.416 e. The second-order valence-corrected chi connectivity index (χ2v) is 3.79. The van der Waals surface area contributed by atoms with E-state index < -0.39 is 11.7 Å². The molecule has 1 aliphatic rings. The van der Waals surface area contributed by atoms with Crippen LogP contribution in [0, 0.1) is 0 Å². The van der Waals surface area contributed by atoms with E-state index in [-0.39, 0.29) is 0 Å².